The van der Waals surface area contributed by atoms with Crippen LogP contribution in [-0.2, 0) is 11.3 Å². The highest BCUT2D eigenvalue weighted by Crippen LogP contribution is 2.26. The number of nitrogens with one attached hydrogen (secondary N) is 1. The first-order valence-corrected chi connectivity index (χ1v) is 8.54. The molecule has 0 saturated carbocycles. The van der Waals surface area contributed by atoms with E-state index in [9.17, 15) is 4.79 Å². The highest BCUT2D eigenvalue weighted by molar-refractivity contribution is 7.13. The van der Waals surface area contributed by atoms with Crippen molar-refractivity contribution in [1.29, 1.82) is 0 Å². The summed E-state index contributed by atoms with van der Waals surface area (Å²) in [5, 5.41) is 5.32. The molecule has 0 radical (unpaired) electrons. The fourth-order valence-corrected chi connectivity index (χ4v) is 2.97. The van der Waals surface area contributed by atoms with Crippen LogP contribution >= 0.6 is 11.3 Å². The van der Waals surface area contributed by atoms with Gasteiger partial charge in [-0.3, -0.25) is 4.79 Å². The molecule has 0 spiro atoms. The van der Waals surface area contributed by atoms with Gasteiger partial charge in [0.25, 0.3) is 5.91 Å². The van der Waals surface area contributed by atoms with Gasteiger partial charge in [-0.15, -0.1) is 11.3 Å². The second-order valence-electron chi connectivity index (χ2n) is 5.20. The number of carbonyl (C=O) groups excluding carboxylic acids is 1. The van der Waals surface area contributed by atoms with Crippen molar-refractivity contribution in [2.45, 2.75) is 20.5 Å². The Balaban J connectivity index is 1.75. The molecule has 0 saturated heterocycles. The maximum atomic E-state index is 12.5. The molecule has 1 amide bonds. The minimum Gasteiger partial charge on any atom is -0.459 e. The SMILES string of the molecule is CCOCc1ccccc1NC(=O)c1csc(-c2ccc(C)o2)n1. The minimum atomic E-state index is -0.246. The molecule has 3 aromatic rings. The largest absolute Gasteiger partial charge is 0.459 e. The summed E-state index contributed by atoms with van der Waals surface area (Å²) in [6.07, 6.45) is 0. The van der Waals surface area contributed by atoms with Crippen LogP contribution in [0.3, 0.4) is 0 Å². The number of anilines is 1. The van der Waals surface area contributed by atoms with Gasteiger partial charge in [0.05, 0.1) is 6.61 Å². The fraction of sp³-hybridized carbons (Fsp3) is 0.222. The third kappa shape index (κ3) is 3.72. The Labute approximate surface area is 144 Å². The van der Waals surface area contributed by atoms with Gasteiger partial charge in [-0.05, 0) is 32.0 Å². The summed E-state index contributed by atoms with van der Waals surface area (Å²) in [5.74, 6) is 1.24. The molecule has 6 heteroatoms. The van der Waals surface area contributed by atoms with Crippen molar-refractivity contribution < 1.29 is 13.9 Å². The zero-order valence-corrected chi connectivity index (χ0v) is 14.4. The van der Waals surface area contributed by atoms with Crippen molar-refractivity contribution in [2.24, 2.45) is 0 Å². The van der Waals surface area contributed by atoms with E-state index < -0.39 is 0 Å². The number of para-hydroxylation sites is 1. The molecule has 2 aromatic heterocycles. The third-order valence-corrected chi connectivity index (χ3v) is 4.27. The number of rotatable bonds is 6. The number of aryl methyl sites for hydroxylation is 1. The summed E-state index contributed by atoms with van der Waals surface area (Å²) >= 11 is 1.38. The number of thiazole rings is 1. The maximum Gasteiger partial charge on any atom is 0.275 e. The van der Waals surface area contributed by atoms with Gasteiger partial charge < -0.3 is 14.5 Å². The van der Waals surface area contributed by atoms with Crippen LogP contribution in [0.2, 0.25) is 0 Å². The lowest BCUT2D eigenvalue weighted by atomic mass is 10.2. The smallest absolute Gasteiger partial charge is 0.275 e. The van der Waals surface area contributed by atoms with E-state index in [1.165, 1.54) is 11.3 Å². The molecule has 5 nitrogen and oxygen atoms in total. The molecule has 1 aromatic carbocycles. The van der Waals surface area contributed by atoms with Crippen LogP contribution in [-0.4, -0.2) is 17.5 Å². The van der Waals surface area contributed by atoms with E-state index in [1.54, 1.807) is 5.38 Å². The molecule has 0 atom stereocenters. The van der Waals surface area contributed by atoms with E-state index in [2.05, 4.69) is 10.3 Å². The average molecular weight is 342 g/mol. The number of ether oxygens (including phenoxy) is 1. The number of amides is 1. The number of benzene rings is 1. The van der Waals surface area contributed by atoms with E-state index >= 15 is 0 Å². The Morgan fingerprint density at radius 3 is 2.88 bits per heavy atom. The summed E-state index contributed by atoms with van der Waals surface area (Å²) < 4.78 is 11.0. The lowest BCUT2D eigenvalue weighted by Gasteiger charge is -2.10. The summed E-state index contributed by atoms with van der Waals surface area (Å²) in [5.41, 5.74) is 2.04. The molecule has 1 N–H and O–H groups in total. The van der Waals surface area contributed by atoms with Gasteiger partial charge in [0.1, 0.15) is 11.5 Å². The van der Waals surface area contributed by atoms with E-state index in [1.807, 2.05) is 50.2 Å². The molecule has 0 unspecified atom stereocenters. The topological polar surface area (TPSA) is 64.4 Å². The Bertz CT molecular complexity index is 838. The average Bonchev–Trinajstić information content (AvgIpc) is 3.23. The van der Waals surface area contributed by atoms with E-state index in [-0.39, 0.29) is 5.91 Å². The fourth-order valence-electron chi connectivity index (χ4n) is 2.21. The first kappa shape index (κ1) is 16.4. The van der Waals surface area contributed by atoms with Gasteiger partial charge >= 0.3 is 0 Å². The van der Waals surface area contributed by atoms with Crippen LogP contribution in [0.4, 0.5) is 5.69 Å². The van der Waals surface area contributed by atoms with Gasteiger partial charge in [0.15, 0.2) is 10.8 Å². The number of hydrogen-bond donors (Lipinski definition) is 1. The van der Waals surface area contributed by atoms with Crippen LogP contribution in [0.1, 0.15) is 28.7 Å². The lowest BCUT2D eigenvalue weighted by molar-refractivity contribution is 0.102. The monoisotopic (exact) mass is 342 g/mol. The number of hydrogen-bond acceptors (Lipinski definition) is 5. The minimum absolute atomic E-state index is 0.246. The Morgan fingerprint density at radius 1 is 1.29 bits per heavy atom. The summed E-state index contributed by atoms with van der Waals surface area (Å²) in [6, 6.07) is 11.3. The second kappa shape index (κ2) is 7.42. The third-order valence-electron chi connectivity index (χ3n) is 3.42. The predicted octanol–water partition coefficient (Wildman–Crippen LogP) is 4.50. The standard InChI is InChI=1S/C18H18N2O3S/c1-3-22-10-13-6-4-5-7-14(13)19-17(21)15-11-24-18(20-15)16-9-8-12(2)23-16/h4-9,11H,3,10H2,1-2H3,(H,19,21). The predicted molar refractivity (Wildman–Crippen MR) is 94.3 cm³/mol. The van der Waals surface area contributed by atoms with Crippen molar-refractivity contribution in [1.82, 2.24) is 4.98 Å². The summed E-state index contributed by atoms with van der Waals surface area (Å²) in [6.45, 7) is 4.90. The van der Waals surface area contributed by atoms with E-state index in [4.69, 9.17) is 9.15 Å². The van der Waals surface area contributed by atoms with Gasteiger partial charge in [-0.2, -0.15) is 0 Å². The zero-order valence-electron chi connectivity index (χ0n) is 13.5. The molecule has 124 valence electrons. The van der Waals surface area contributed by atoms with Crippen LogP contribution in [0, 0.1) is 6.92 Å². The maximum absolute atomic E-state index is 12.5. The molecular formula is C18H18N2O3S. The molecule has 3 rings (SSSR count). The quantitative estimate of drug-likeness (QED) is 0.716. The molecule has 0 fully saturated rings. The Hall–Kier alpha value is -2.44. The van der Waals surface area contributed by atoms with Crippen LogP contribution < -0.4 is 5.32 Å². The molecule has 2 heterocycles. The number of nitrogens with zero attached hydrogens (tertiary/aromatic N) is 1. The number of furan rings is 1. The van der Waals surface area contributed by atoms with E-state index in [0.717, 1.165) is 17.0 Å². The second-order valence-corrected chi connectivity index (χ2v) is 6.05. The number of aromatic nitrogens is 1. The highest BCUT2D eigenvalue weighted by atomic mass is 32.1. The highest BCUT2D eigenvalue weighted by Gasteiger charge is 2.15. The van der Waals surface area contributed by atoms with Crippen molar-refractivity contribution in [3.8, 4) is 10.8 Å². The van der Waals surface area contributed by atoms with Gasteiger partial charge in [-0.1, -0.05) is 18.2 Å². The van der Waals surface area contributed by atoms with Gasteiger partial charge in [-0.25, -0.2) is 4.98 Å². The van der Waals surface area contributed by atoms with Crippen molar-refractivity contribution >= 4 is 22.9 Å². The van der Waals surface area contributed by atoms with Crippen LogP contribution in [0.25, 0.3) is 10.8 Å². The van der Waals surface area contributed by atoms with Crippen molar-refractivity contribution in [3.63, 3.8) is 0 Å². The van der Waals surface area contributed by atoms with E-state index in [0.29, 0.717) is 29.7 Å². The molecular weight excluding hydrogens is 324 g/mol. The Morgan fingerprint density at radius 2 is 2.12 bits per heavy atom. The normalized spacial score (nSPS) is 10.8. The molecule has 0 aliphatic heterocycles. The molecule has 24 heavy (non-hydrogen) atoms. The number of carbonyl (C=O) groups is 1. The zero-order chi connectivity index (χ0) is 16.9. The molecule has 0 bridgehead atoms. The molecule has 0 aliphatic rings. The lowest BCUT2D eigenvalue weighted by Crippen LogP contribution is -2.14. The summed E-state index contributed by atoms with van der Waals surface area (Å²) in [4.78, 5) is 16.8. The molecule has 0 aliphatic carbocycles. The first-order chi connectivity index (χ1) is 11.7. The van der Waals surface area contributed by atoms with Crippen molar-refractivity contribution in [3.05, 3.63) is 58.8 Å². The van der Waals surface area contributed by atoms with Gasteiger partial charge in [0, 0.05) is 23.2 Å². The Kier molecular flexibility index (Phi) is 5.08. The van der Waals surface area contributed by atoms with Gasteiger partial charge in [0.2, 0.25) is 0 Å². The summed E-state index contributed by atoms with van der Waals surface area (Å²) in [7, 11) is 0. The van der Waals surface area contributed by atoms with Crippen LogP contribution in [0.5, 0.6) is 0 Å². The van der Waals surface area contributed by atoms with Crippen molar-refractivity contribution in [2.75, 3.05) is 11.9 Å². The van der Waals surface area contributed by atoms with Crippen LogP contribution in [0.15, 0.2) is 46.2 Å². The first-order valence-electron chi connectivity index (χ1n) is 7.66.